The molecule has 22 heavy (non-hydrogen) atoms. The van der Waals surface area contributed by atoms with E-state index in [-0.39, 0.29) is 23.7 Å². The number of benzene rings is 1. The molecule has 1 aromatic heterocycles. The van der Waals surface area contributed by atoms with E-state index < -0.39 is 11.9 Å². The van der Waals surface area contributed by atoms with Crippen molar-refractivity contribution in [2.45, 2.75) is 20.8 Å². The Hall–Kier alpha value is -2.83. The van der Waals surface area contributed by atoms with Crippen molar-refractivity contribution in [3.05, 3.63) is 40.7 Å². The first kappa shape index (κ1) is 15.6. The van der Waals surface area contributed by atoms with Crippen molar-refractivity contribution in [1.82, 2.24) is 9.78 Å². The minimum absolute atomic E-state index is 0.00403. The van der Waals surface area contributed by atoms with Gasteiger partial charge in [0.05, 0.1) is 18.0 Å². The zero-order chi connectivity index (χ0) is 16.4. The molecule has 0 atom stereocenters. The molecule has 0 aliphatic heterocycles. The monoisotopic (exact) mass is 302 g/mol. The summed E-state index contributed by atoms with van der Waals surface area (Å²) in [7, 11) is 0. The summed E-state index contributed by atoms with van der Waals surface area (Å²) in [5.41, 5.74) is 13.4. The van der Waals surface area contributed by atoms with Gasteiger partial charge < -0.3 is 16.2 Å². The van der Waals surface area contributed by atoms with E-state index >= 15 is 0 Å². The van der Waals surface area contributed by atoms with Gasteiger partial charge >= 0.3 is 5.97 Å². The van der Waals surface area contributed by atoms with Crippen LogP contribution < -0.4 is 11.5 Å². The van der Waals surface area contributed by atoms with E-state index in [0.717, 1.165) is 11.1 Å². The van der Waals surface area contributed by atoms with Crippen LogP contribution in [0, 0.1) is 13.8 Å². The van der Waals surface area contributed by atoms with E-state index in [0.29, 0.717) is 5.69 Å². The Balaban J connectivity index is 2.73. The van der Waals surface area contributed by atoms with Crippen LogP contribution in [0.1, 0.15) is 39.0 Å². The fourth-order valence-electron chi connectivity index (χ4n) is 2.13. The van der Waals surface area contributed by atoms with Gasteiger partial charge in [0.1, 0.15) is 0 Å². The number of aryl methyl sites for hydroxylation is 2. The minimum atomic E-state index is -0.799. The number of anilines is 1. The molecule has 0 saturated heterocycles. The molecular formula is C15H18N4O3. The van der Waals surface area contributed by atoms with Crippen LogP contribution in [-0.2, 0) is 4.74 Å². The molecule has 1 aromatic carbocycles. The highest BCUT2D eigenvalue weighted by Gasteiger charge is 2.26. The molecule has 0 aliphatic carbocycles. The molecule has 0 unspecified atom stereocenters. The van der Waals surface area contributed by atoms with Crippen LogP contribution in [0.5, 0.6) is 0 Å². The molecule has 0 bridgehead atoms. The second-order valence-corrected chi connectivity index (χ2v) is 4.90. The number of nitrogen functional groups attached to an aromatic ring is 1. The van der Waals surface area contributed by atoms with Crippen molar-refractivity contribution in [3.8, 4) is 5.69 Å². The number of esters is 1. The van der Waals surface area contributed by atoms with E-state index in [1.54, 1.807) is 6.92 Å². The van der Waals surface area contributed by atoms with Crippen LogP contribution in [0.15, 0.2) is 18.2 Å². The Bertz CT molecular complexity index is 749. The number of hydrogen-bond donors (Lipinski definition) is 2. The number of carbonyl (C=O) groups excluding carboxylic acids is 2. The number of hydrogen-bond acceptors (Lipinski definition) is 5. The maximum absolute atomic E-state index is 12.2. The molecule has 0 spiro atoms. The van der Waals surface area contributed by atoms with Crippen molar-refractivity contribution in [1.29, 1.82) is 0 Å². The van der Waals surface area contributed by atoms with Crippen LogP contribution in [0.2, 0.25) is 0 Å². The number of primary amides is 1. The van der Waals surface area contributed by atoms with Gasteiger partial charge in [0, 0.05) is 0 Å². The predicted molar refractivity (Wildman–Crippen MR) is 81.9 cm³/mol. The van der Waals surface area contributed by atoms with Crippen molar-refractivity contribution in [2.24, 2.45) is 5.73 Å². The molecule has 0 fully saturated rings. The van der Waals surface area contributed by atoms with Gasteiger partial charge in [-0.05, 0) is 38.0 Å². The van der Waals surface area contributed by atoms with E-state index in [2.05, 4.69) is 5.10 Å². The van der Waals surface area contributed by atoms with Crippen LogP contribution in [0.4, 0.5) is 5.69 Å². The summed E-state index contributed by atoms with van der Waals surface area (Å²) < 4.78 is 6.32. The zero-order valence-corrected chi connectivity index (χ0v) is 12.7. The molecule has 2 rings (SSSR count). The lowest BCUT2D eigenvalue weighted by molar-refractivity contribution is 0.0517. The molecule has 0 saturated carbocycles. The quantitative estimate of drug-likeness (QED) is 0.827. The number of nitrogens with zero attached hydrogens (tertiary/aromatic N) is 2. The first-order chi connectivity index (χ1) is 10.4. The first-order valence-corrected chi connectivity index (χ1v) is 6.79. The van der Waals surface area contributed by atoms with Gasteiger partial charge in [-0.25, -0.2) is 9.48 Å². The second kappa shape index (κ2) is 5.88. The van der Waals surface area contributed by atoms with Crippen molar-refractivity contribution < 1.29 is 14.3 Å². The smallest absolute Gasteiger partial charge is 0.359 e. The number of rotatable bonds is 4. The minimum Gasteiger partial charge on any atom is -0.461 e. The summed E-state index contributed by atoms with van der Waals surface area (Å²) in [6, 6.07) is 5.67. The standard InChI is InChI=1S/C15H18N4O3/c1-4-22-15(21)13-11(16)12(14(17)20)18-19(13)10-7-8(2)5-6-9(10)3/h5-7H,4,16H2,1-3H3,(H2,17,20). The van der Waals surface area contributed by atoms with Crippen LogP contribution in [0.25, 0.3) is 5.69 Å². The van der Waals surface area contributed by atoms with Gasteiger partial charge in [0.25, 0.3) is 5.91 Å². The zero-order valence-electron chi connectivity index (χ0n) is 12.7. The highest BCUT2D eigenvalue weighted by molar-refractivity contribution is 6.03. The van der Waals surface area contributed by atoms with Crippen LogP contribution >= 0.6 is 0 Å². The highest BCUT2D eigenvalue weighted by atomic mass is 16.5. The molecule has 116 valence electrons. The van der Waals surface area contributed by atoms with Crippen LogP contribution in [0.3, 0.4) is 0 Å². The first-order valence-electron chi connectivity index (χ1n) is 6.79. The summed E-state index contributed by atoms with van der Waals surface area (Å²) in [6.07, 6.45) is 0. The summed E-state index contributed by atoms with van der Waals surface area (Å²) in [6.45, 7) is 5.64. The van der Waals surface area contributed by atoms with Crippen molar-refractivity contribution in [3.63, 3.8) is 0 Å². The van der Waals surface area contributed by atoms with Gasteiger partial charge in [-0.15, -0.1) is 0 Å². The number of carbonyl (C=O) groups is 2. The van der Waals surface area contributed by atoms with E-state index in [1.165, 1.54) is 4.68 Å². The maximum atomic E-state index is 12.2. The number of ether oxygens (including phenoxy) is 1. The summed E-state index contributed by atoms with van der Waals surface area (Å²) in [5, 5.41) is 4.10. The SMILES string of the molecule is CCOC(=O)c1c(N)c(C(N)=O)nn1-c1cc(C)ccc1C. The third-order valence-electron chi connectivity index (χ3n) is 3.22. The molecule has 0 radical (unpaired) electrons. The Kier molecular flexibility index (Phi) is 4.16. The predicted octanol–water partition coefficient (Wildman–Crippen LogP) is 1.35. The molecule has 7 nitrogen and oxygen atoms in total. The van der Waals surface area contributed by atoms with E-state index in [9.17, 15) is 9.59 Å². The Morgan fingerprint density at radius 1 is 1.32 bits per heavy atom. The summed E-state index contributed by atoms with van der Waals surface area (Å²) >= 11 is 0. The van der Waals surface area contributed by atoms with Gasteiger partial charge in [0.2, 0.25) is 0 Å². The Morgan fingerprint density at radius 3 is 2.59 bits per heavy atom. The average Bonchev–Trinajstić information content (AvgIpc) is 2.79. The fraction of sp³-hybridized carbons (Fsp3) is 0.267. The van der Waals surface area contributed by atoms with E-state index in [1.807, 2.05) is 32.0 Å². The normalized spacial score (nSPS) is 10.5. The van der Waals surface area contributed by atoms with Crippen molar-refractivity contribution in [2.75, 3.05) is 12.3 Å². The lowest BCUT2D eigenvalue weighted by Crippen LogP contribution is -2.14. The molecule has 2 aromatic rings. The van der Waals surface area contributed by atoms with Crippen LogP contribution in [-0.4, -0.2) is 28.3 Å². The molecule has 7 heteroatoms. The Labute approximate surface area is 127 Å². The third-order valence-corrected chi connectivity index (χ3v) is 3.22. The average molecular weight is 302 g/mol. The number of nitrogens with two attached hydrogens (primary N) is 2. The summed E-state index contributed by atoms with van der Waals surface area (Å²) in [5.74, 6) is -1.45. The molecule has 1 heterocycles. The molecule has 4 N–H and O–H groups in total. The number of aromatic nitrogens is 2. The molecule has 0 aliphatic rings. The largest absolute Gasteiger partial charge is 0.461 e. The lowest BCUT2D eigenvalue weighted by Gasteiger charge is -2.10. The van der Waals surface area contributed by atoms with Gasteiger partial charge in [0.15, 0.2) is 11.4 Å². The van der Waals surface area contributed by atoms with Crippen molar-refractivity contribution >= 4 is 17.6 Å². The van der Waals surface area contributed by atoms with E-state index in [4.69, 9.17) is 16.2 Å². The third kappa shape index (κ3) is 2.65. The maximum Gasteiger partial charge on any atom is 0.359 e. The molecular weight excluding hydrogens is 284 g/mol. The second-order valence-electron chi connectivity index (χ2n) is 4.90. The van der Waals surface area contributed by atoms with Gasteiger partial charge in [-0.2, -0.15) is 5.10 Å². The highest BCUT2D eigenvalue weighted by Crippen LogP contribution is 2.24. The molecule has 1 amide bonds. The number of amides is 1. The lowest BCUT2D eigenvalue weighted by atomic mass is 10.1. The summed E-state index contributed by atoms with van der Waals surface area (Å²) in [4.78, 5) is 23.6. The van der Waals surface area contributed by atoms with Gasteiger partial charge in [-0.1, -0.05) is 12.1 Å². The fourth-order valence-corrected chi connectivity index (χ4v) is 2.13. The topological polar surface area (TPSA) is 113 Å². The van der Waals surface area contributed by atoms with Gasteiger partial charge in [-0.3, -0.25) is 4.79 Å². The Morgan fingerprint density at radius 2 is 2.00 bits per heavy atom.